The fourth-order valence-electron chi connectivity index (χ4n) is 1.49. The Labute approximate surface area is 100 Å². The normalized spacial score (nSPS) is 14.5. The second kappa shape index (κ2) is 5.41. The first-order valence-electron chi connectivity index (χ1n) is 5.43. The zero-order valence-electron chi connectivity index (χ0n) is 10.0. The number of carbonyl (C=O) groups excluding carboxylic acids is 1. The summed E-state index contributed by atoms with van der Waals surface area (Å²) >= 11 is 1.55. The third kappa shape index (κ3) is 3.28. The van der Waals surface area contributed by atoms with Crippen molar-refractivity contribution in [1.82, 2.24) is 10.3 Å². The number of nitrogens with zero attached hydrogens (tertiary/aromatic N) is 1. The summed E-state index contributed by atoms with van der Waals surface area (Å²) in [6.45, 7) is 6.24. The largest absolute Gasteiger partial charge is 0.350 e. The van der Waals surface area contributed by atoms with Crippen molar-refractivity contribution >= 4 is 17.2 Å². The predicted molar refractivity (Wildman–Crippen MR) is 66.2 cm³/mol. The first-order valence-corrected chi connectivity index (χ1v) is 6.31. The van der Waals surface area contributed by atoms with Crippen LogP contribution in [0.1, 0.15) is 37.3 Å². The minimum absolute atomic E-state index is 0.0952. The highest BCUT2D eigenvalue weighted by Gasteiger charge is 2.26. The Kier molecular flexibility index (Phi) is 4.44. The smallest absolute Gasteiger partial charge is 0.240 e. The van der Waals surface area contributed by atoms with Crippen molar-refractivity contribution in [3.63, 3.8) is 0 Å². The molecule has 0 aromatic carbocycles. The molecule has 0 saturated carbocycles. The fraction of sp³-hybridized carbons (Fsp3) is 0.636. The molecule has 0 radical (unpaired) electrons. The van der Waals surface area contributed by atoms with E-state index in [1.54, 1.807) is 23.8 Å². The molecule has 1 aromatic rings. The third-order valence-electron chi connectivity index (χ3n) is 2.54. The number of amides is 1. The molecule has 5 heteroatoms. The summed E-state index contributed by atoms with van der Waals surface area (Å²) in [6.07, 6.45) is 1.60. The molecule has 1 atom stereocenters. The van der Waals surface area contributed by atoms with Gasteiger partial charge >= 0.3 is 0 Å². The molecule has 0 fully saturated rings. The number of aromatic nitrogens is 1. The summed E-state index contributed by atoms with van der Waals surface area (Å²) < 4.78 is 0. The molecular weight excluding hydrogens is 222 g/mol. The zero-order valence-corrected chi connectivity index (χ0v) is 10.9. The lowest BCUT2D eigenvalue weighted by molar-refractivity contribution is -0.126. The summed E-state index contributed by atoms with van der Waals surface area (Å²) in [7, 11) is 0. The lowest BCUT2D eigenvalue weighted by Gasteiger charge is -2.22. The molecule has 1 rings (SSSR count). The first kappa shape index (κ1) is 13.1. The number of nitrogens with two attached hydrogens (primary N) is 1. The summed E-state index contributed by atoms with van der Waals surface area (Å²) in [5.74, 6) is -0.0952. The summed E-state index contributed by atoms with van der Waals surface area (Å²) in [5.41, 5.74) is 7.91. The number of aryl methyl sites for hydroxylation is 1. The van der Waals surface area contributed by atoms with Gasteiger partial charge in [0.15, 0.2) is 0 Å². The van der Waals surface area contributed by atoms with E-state index in [0.717, 1.165) is 17.0 Å². The van der Waals surface area contributed by atoms with Gasteiger partial charge in [-0.25, -0.2) is 4.98 Å². The van der Waals surface area contributed by atoms with Gasteiger partial charge in [0.25, 0.3) is 0 Å². The Morgan fingerprint density at radius 2 is 2.38 bits per heavy atom. The SMILES string of the molecule is CCCC(C)(N)C(=O)NCc1scnc1C. The van der Waals surface area contributed by atoms with E-state index in [-0.39, 0.29) is 5.91 Å². The van der Waals surface area contributed by atoms with Gasteiger partial charge < -0.3 is 11.1 Å². The summed E-state index contributed by atoms with van der Waals surface area (Å²) in [6, 6.07) is 0. The molecule has 0 bridgehead atoms. The molecule has 1 unspecified atom stereocenters. The van der Waals surface area contributed by atoms with Crippen molar-refractivity contribution in [2.24, 2.45) is 5.73 Å². The average molecular weight is 241 g/mol. The van der Waals surface area contributed by atoms with Crippen LogP contribution in [0.4, 0.5) is 0 Å². The van der Waals surface area contributed by atoms with Gasteiger partial charge in [-0.05, 0) is 20.3 Å². The second-order valence-corrected chi connectivity index (χ2v) is 5.15. The molecule has 0 aliphatic rings. The number of carbonyl (C=O) groups is 1. The van der Waals surface area contributed by atoms with Crippen LogP contribution in [0.2, 0.25) is 0 Å². The Morgan fingerprint density at radius 3 is 2.88 bits per heavy atom. The van der Waals surface area contributed by atoms with E-state index in [1.807, 2.05) is 13.8 Å². The second-order valence-electron chi connectivity index (χ2n) is 4.21. The van der Waals surface area contributed by atoms with Crippen LogP contribution in [0.15, 0.2) is 5.51 Å². The molecule has 0 aliphatic heterocycles. The Balaban J connectivity index is 2.50. The van der Waals surface area contributed by atoms with Crippen molar-refractivity contribution in [1.29, 1.82) is 0 Å². The molecule has 1 heterocycles. The summed E-state index contributed by atoms with van der Waals surface area (Å²) in [4.78, 5) is 17.0. The van der Waals surface area contributed by atoms with E-state index < -0.39 is 5.54 Å². The maximum atomic E-state index is 11.8. The van der Waals surface area contributed by atoms with E-state index >= 15 is 0 Å². The fourth-order valence-corrected chi connectivity index (χ4v) is 2.21. The third-order valence-corrected chi connectivity index (χ3v) is 3.48. The molecule has 0 aliphatic carbocycles. The van der Waals surface area contributed by atoms with Crippen molar-refractivity contribution in [2.75, 3.05) is 0 Å². The predicted octanol–water partition coefficient (Wildman–Crippen LogP) is 1.59. The molecule has 0 saturated heterocycles. The van der Waals surface area contributed by atoms with Crippen LogP contribution in [0, 0.1) is 6.92 Å². The number of thiazole rings is 1. The van der Waals surface area contributed by atoms with Gasteiger partial charge in [0, 0.05) is 4.88 Å². The molecule has 1 amide bonds. The van der Waals surface area contributed by atoms with Gasteiger partial charge in [-0.1, -0.05) is 13.3 Å². The van der Waals surface area contributed by atoms with Crippen LogP contribution >= 0.6 is 11.3 Å². The standard InChI is InChI=1S/C11H19N3OS/c1-4-5-11(3,12)10(15)13-6-9-8(2)14-7-16-9/h7H,4-6,12H2,1-3H3,(H,13,15). The van der Waals surface area contributed by atoms with E-state index in [4.69, 9.17) is 5.73 Å². The maximum absolute atomic E-state index is 11.8. The monoisotopic (exact) mass is 241 g/mol. The van der Waals surface area contributed by atoms with Gasteiger partial charge in [0.2, 0.25) is 5.91 Å². The van der Waals surface area contributed by atoms with Crippen LogP contribution in [0.25, 0.3) is 0 Å². The molecule has 4 nitrogen and oxygen atoms in total. The van der Waals surface area contributed by atoms with Crippen LogP contribution in [-0.4, -0.2) is 16.4 Å². The van der Waals surface area contributed by atoms with Gasteiger partial charge in [0.1, 0.15) is 0 Å². The van der Waals surface area contributed by atoms with Crippen LogP contribution in [0.3, 0.4) is 0 Å². The highest BCUT2D eigenvalue weighted by molar-refractivity contribution is 7.09. The molecular formula is C11H19N3OS. The van der Waals surface area contributed by atoms with Crippen molar-refractivity contribution in [3.8, 4) is 0 Å². The lowest BCUT2D eigenvalue weighted by Crippen LogP contribution is -2.51. The molecule has 90 valence electrons. The maximum Gasteiger partial charge on any atom is 0.240 e. The molecule has 3 N–H and O–H groups in total. The molecule has 0 spiro atoms. The number of nitrogens with one attached hydrogen (secondary N) is 1. The zero-order chi connectivity index (χ0) is 12.2. The Morgan fingerprint density at radius 1 is 1.69 bits per heavy atom. The van der Waals surface area contributed by atoms with Gasteiger partial charge in [-0.15, -0.1) is 11.3 Å². The first-order chi connectivity index (χ1) is 7.47. The summed E-state index contributed by atoms with van der Waals surface area (Å²) in [5, 5.41) is 2.86. The highest BCUT2D eigenvalue weighted by atomic mass is 32.1. The van der Waals surface area contributed by atoms with Gasteiger partial charge in [0.05, 0.1) is 23.3 Å². The van der Waals surface area contributed by atoms with Crippen LogP contribution in [-0.2, 0) is 11.3 Å². The van der Waals surface area contributed by atoms with Crippen LogP contribution in [0.5, 0.6) is 0 Å². The van der Waals surface area contributed by atoms with Crippen LogP contribution < -0.4 is 11.1 Å². The van der Waals surface area contributed by atoms with E-state index in [0.29, 0.717) is 13.0 Å². The Hall–Kier alpha value is -0.940. The van der Waals surface area contributed by atoms with Crippen molar-refractivity contribution < 1.29 is 4.79 Å². The van der Waals surface area contributed by atoms with E-state index in [1.165, 1.54) is 0 Å². The van der Waals surface area contributed by atoms with Gasteiger partial charge in [-0.3, -0.25) is 4.79 Å². The minimum Gasteiger partial charge on any atom is -0.350 e. The van der Waals surface area contributed by atoms with E-state index in [2.05, 4.69) is 10.3 Å². The Bertz CT molecular complexity index is 360. The van der Waals surface area contributed by atoms with Crippen molar-refractivity contribution in [3.05, 3.63) is 16.1 Å². The van der Waals surface area contributed by atoms with E-state index in [9.17, 15) is 4.79 Å². The molecule has 16 heavy (non-hydrogen) atoms. The highest BCUT2D eigenvalue weighted by Crippen LogP contribution is 2.13. The number of rotatable bonds is 5. The van der Waals surface area contributed by atoms with Gasteiger partial charge in [-0.2, -0.15) is 0 Å². The van der Waals surface area contributed by atoms with Crippen molar-refractivity contribution in [2.45, 2.75) is 45.7 Å². The average Bonchev–Trinajstić information content (AvgIpc) is 2.60. The lowest BCUT2D eigenvalue weighted by atomic mass is 9.96. The molecule has 1 aromatic heterocycles. The quantitative estimate of drug-likeness (QED) is 0.822. The number of hydrogen-bond donors (Lipinski definition) is 2. The minimum atomic E-state index is -0.770. The topological polar surface area (TPSA) is 68.0 Å². The number of hydrogen-bond acceptors (Lipinski definition) is 4.